The smallest absolute Gasteiger partial charge is 0.126 e. The molecule has 1 saturated heterocycles. The summed E-state index contributed by atoms with van der Waals surface area (Å²) in [5, 5.41) is 0.698. The van der Waals surface area contributed by atoms with Crippen molar-refractivity contribution in [3.63, 3.8) is 0 Å². The van der Waals surface area contributed by atoms with Gasteiger partial charge >= 0.3 is 0 Å². The first-order valence-corrected chi connectivity index (χ1v) is 8.99. The average molecular weight is 331 g/mol. The second kappa shape index (κ2) is 6.25. The Morgan fingerprint density at radius 3 is 2.87 bits per heavy atom. The Bertz CT molecular complexity index is 692. The number of aromatic nitrogens is 3. The molecule has 0 bridgehead atoms. The van der Waals surface area contributed by atoms with E-state index in [0.717, 1.165) is 25.2 Å². The van der Waals surface area contributed by atoms with E-state index in [9.17, 15) is 0 Å². The maximum atomic E-state index is 5.94. The second-order valence-corrected chi connectivity index (χ2v) is 7.16. The lowest BCUT2D eigenvalue weighted by atomic mass is 10.0. The normalized spacial score (nSPS) is 21.6. The summed E-state index contributed by atoms with van der Waals surface area (Å²) in [6.45, 7) is 1.99. The molecule has 1 aliphatic heterocycles. The first-order valence-electron chi connectivity index (χ1n) is 8.61. The molecule has 2 aromatic rings. The minimum Gasteiger partial charge on any atom is -0.334 e. The molecule has 0 N–H and O–H groups in total. The van der Waals surface area contributed by atoms with Crippen molar-refractivity contribution in [1.82, 2.24) is 19.4 Å². The maximum absolute atomic E-state index is 5.94. The van der Waals surface area contributed by atoms with Crippen LogP contribution in [0.2, 0.25) is 5.02 Å². The van der Waals surface area contributed by atoms with Gasteiger partial charge in [0.2, 0.25) is 0 Å². The minimum atomic E-state index is 0.420. The maximum Gasteiger partial charge on any atom is 0.126 e. The van der Waals surface area contributed by atoms with Gasteiger partial charge in [0, 0.05) is 25.5 Å². The fraction of sp³-hybridized carbons (Fsp3) is 0.556. The SMILES string of the molecule is Cn1c([C@@H]2CCCN2Cc2ccc(Cl)cn2)nc2c1CCCC2. The first kappa shape index (κ1) is 15.2. The second-order valence-electron chi connectivity index (χ2n) is 6.73. The van der Waals surface area contributed by atoms with Gasteiger partial charge in [-0.15, -0.1) is 0 Å². The Balaban J connectivity index is 1.58. The molecule has 2 aliphatic rings. The van der Waals surface area contributed by atoms with E-state index in [4.69, 9.17) is 16.6 Å². The van der Waals surface area contributed by atoms with Gasteiger partial charge in [0.15, 0.2) is 0 Å². The van der Waals surface area contributed by atoms with Gasteiger partial charge in [-0.25, -0.2) is 4.98 Å². The zero-order chi connectivity index (χ0) is 15.8. The molecule has 1 atom stereocenters. The van der Waals surface area contributed by atoms with E-state index < -0.39 is 0 Å². The Kier molecular flexibility index (Phi) is 4.12. The molecule has 23 heavy (non-hydrogen) atoms. The molecule has 0 radical (unpaired) electrons. The highest BCUT2D eigenvalue weighted by Crippen LogP contribution is 2.34. The molecule has 3 heterocycles. The number of hydrogen-bond donors (Lipinski definition) is 0. The zero-order valence-corrected chi connectivity index (χ0v) is 14.4. The van der Waals surface area contributed by atoms with Gasteiger partial charge < -0.3 is 4.57 Å². The van der Waals surface area contributed by atoms with Crippen LogP contribution in [0.25, 0.3) is 0 Å². The monoisotopic (exact) mass is 330 g/mol. The third kappa shape index (κ3) is 2.90. The van der Waals surface area contributed by atoms with Gasteiger partial charge in [-0.1, -0.05) is 11.6 Å². The summed E-state index contributed by atoms with van der Waals surface area (Å²) in [4.78, 5) is 12.0. The number of fused-ring (bicyclic) bond motifs is 1. The number of nitrogens with zero attached hydrogens (tertiary/aromatic N) is 4. The lowest BCUT2D eigenvalue weighted by Gasteiger charge is -2.24. The lowest BCUT2D eigenvalue weighted by molar-refractivity contribution is 0.233. The molecule has 5 heteroatoms. The topological polar surface area (TPSA) is 34.0 Å². The van der Waals surface area contributed by atoms with E-state index in [0.29, 0.717) is 11.1 Å². The molecule has 0 aromatic carbocycles. The highest BCUT2D eigenvalue weighted by Gasteiger charge is 2.31. The number of imidazole rings is 1. The number of likely N-dealkylation sites (tertiary alicyclic amines) is 1. The van der Waals surface area contributed by atoms with Gasteiger partial charge in [0.1, 0.15) is 5.82 Å². The number of pyridine rings is 1. The van der Waals surface area contributed by atoms with Crippen LogP contribution in [0, 0.1) is 0 Å². The molecule has 0 spiro atoms. The van der Waals surface area contributed by atoms with Crippen LogP contribution in [0.5, 0.6) is 0 Å². The van der Waals surface area contributed by atoms with Crippen LogP contribution in [-0.2, 0) is 26.4 Å². The van der Waals surface area contributed by atoms with Crippen LogP contribution < -0.4 is 0 Å². The quantitative estimate of drug-likeness (QED) is 0.860. The molecular weight excluding hydrogens is 308 g/mol. The Morgan fingerprint density at radius 1 is 1.22 bits per heavy atom. The fourth-order valence-electron chi connectivity index (χ4n) is 4.02. The van der Waals surface area contributed by atoms with Crippen molar-refractivity contribution in [3.05, 3.63) is 46.3 Å². The van der Waals surface area contributed by atoms with Crippen LogP contribution in [0.3, 0.4) is 0 Å². The summed E-state index contributed by atoms with van der Waals surface area (Å²) in [5.74, 6) is 1.25. The summed E-state index contributed by atoms with van der Waals surface area (Å²) in [5.41, 5.74) is 3.88. The summed E-state index contributed by atoms with van der Waals surface area (Å²) >= 11 is 5.94. The zero-order valence-electron chi connectivity index (χ0n) is 13.6. The van der Waals surface area contributed by atoms with Crippen molar-refractivity contribution in [2.45, 2.75) is 51.1 Å². The van der Waals surface area contributed by atoms with Crippen molar-refractivity contribution >= 4 is 11.6 Å². The summed E-state index contributed by atoms with van der Waals surface area (Å²) in [7, 11) is 2.20. The molecule has 4 nitrogen and oxygen atoms in total. The number of rotatable bonds is 3. The van der Waals surface area contributed by atoms with Crippen LogP contribution in [-0.4, -0.2) is 26.0 Å². The highest BCUT2D eigenvalue weighted by atomic mass is 35.5. The van der Waals surface area contributed by atoms with Gasteiger partial charge in [0.25, 0.3) is 0 Å². The molecule has 0 saturated carbocycles. The third-order valence-corrected chi connectivity index (χ3v) is 5.45. The summed E-state index contributed by atoms with van der Waals surface area (Å²) in [6, 6.07) is 4.37. The predicted molar refractivity (Wildman–Crippen MR) is 91.5 cm³/mol. The first-order chi connectivity index (χ1) is 11.2. The van der Waals surface area contributed by atoms with Crippen LogP contribution in [0.15, 0.2) is 18.3 Å². The summed E-state index contributed by atoms with van der Waals surface area (Å²) < 4.78 is 2.37. The third-order valence-electron chi connectivity index (χ3n) is 5.22. The molecule has 1 fully saturated rings. The van der Waals surface area contributed by atoms with Crippen LogP contribution in [0.1, 0.15) is 54.6 Å². The summed E-state index contributed by atoms with van der Waals surface area (Å²) in [6.07, 6.45) is 9.08. The predicted octanol–water partition coefficient (Wildman–Crippen LogP) is 3.68. The van der Waals surface area contributed by atoms with Gasteiger partial charge in [-0.05, 0) is 57.2 Å². The van der Waals surface area contributed by atoms with Gasteiger partial charge in [-0.2, -0.15) is 0 Å². The minimum absolute atomic E-state index is 0.420. The van der Waals surface area contributed by atoms with E-state index in [1.807, 2.05) is 12.1 Å². The highest BCUT2D eigenvalue weighted by molar-refractivity contribution is 6.30. The van der Waals surface area contributed by atoms with Gasteiger partial charge in [-0.3, -0.25) is 9.88 Å². The Hall–Kier alpha value is -1.39. The van der Waals surface area contributed by atoms with Crippen molar-refractivity contribution in [3.8, 4) is 0 Å². The molecule has 122 valence electrons. The van der Waals surface area contributed by atoms with Crippen molar-refractivity contribution in [2.24, 2.45) is 7.05 Å². The largest absolute Gasteiger partial charge is 0.334 e. The van der Waals surface area contributed by atoms with E-state index >= 15 is 0 Å². The average Bonchev–Trinajstić information content (AvgIpc) is 3.14. The molecule has 0 amide bonds. The van der Waals surface area contributed by atoms with Crippen LogP contribution in [0.4, 0.5) is 0 Å². The Labute approximate surface area is 142 Å². The van der Waals surface area contributed by atoms with Crippen molar-refractivity contribution < 1.29 is 0 Å². The molecule has 1 aliphatic carbocycles. The van der Waals surface area contributed by atoms with Crippen LogP contribution >= 0.6 is 11.6 Å². The number of aryl methyl sites for hydroxylation is 1. The van der Waals surface area contributed by atoms with E-state index in [-0.39, 0.29) is 0 Å². The standard InChI is InChI=1S/C18H23ClN4/c1-22-16-6-3-2-5-15(16)21-18(22)17-7-4-10-23(17)12-14-9-8-13(19)11-20-14/h8-9,11,17H,2-7,10,12H2,1H3/t17-/m0/s1. The molecule has 0 unspecified atom stereocenters. The molecule has 4 rings (SSSR count). The molecular formula is C18H23ClN4. The van der Waals surface area contributed by atoms with Gasteiger partial charge in [0.05, 0.1) is 22.5 Å². The molecule has 2 aromatic heterocycles. The van der Waals surface area contributed by atoms with Crippen molar-refractivity contribution in [1.29, 1.82) is 0 Å². The Morgan fingerprint density at radius 2 is 2.09 bits per heavy atom. The fourth-order valence-corrected chi connectivity index (χ4v) is 4.13. The van der Waals surface area contributed by atoms with E-state index in [1.54, 1.807) is 6.20 Å². The lowest BCUT2D eigenvalue weighted by Crippen LogP contribution is -2.25. The van der Waals surface area contributed by atoms with E-state index in [2.05, 4.69) is 21.5 Å². The van der Waals surface area contributed by atoms with Crippen molar-refractivity contribution in [2.75, 3.05) is 6.54 Å². The van der Waals surface area contributed by atoms with E-state index in [1.165, 1.54) is 49.3 Å². The number of hydrogen-bond acceptors (Lipinski definition) is 3. The number of halogens is 1.